The van der Waals surface area contributed by atoms with E-state index in [-0.39, 0.29) is 12.5 Å². The first-order valence-corrected chi connectivity index (χ1v) is 7.26. The zero-order chi connectivity index (χ0) is 16.3. The minimum Gasteiger partial charge on any atom is -0.396 e. The van der Waals surface area contributed by atoms with Gasteiger partial charge < -0.3 is 10.8 Å². The lowest BCUT2D eigenvalue weighted by atomic mass is 9.95. The Morgan fingerprint density at radius 3 is 2.68 bits per heavy atom. The Morgan fingerprint density at radius 2 is 2.09 bits per heavy atom. The van der Waals surface area contributed by atoms with Crippen LogP contribution in [-0.4, -0.2) is 37.8 Å². The molecule has 0 bridgehead atoms. The molecule has 1 aromatic heterocycles. The molecular formula is C15H21N5O2. The second kappa shape index (κ2) is 6.65. The maximum Gasteiger partial charge on any atom is 0.249 e. The second-order valence-electron chi connectivity index (χ2n) is 5.82. The molecule has 0 aliphatic carbocycles. The number of tetrazole rings is 1. The number of amides is 1. The van der Waals surface area contributed by atoms with Gasteiger partial charge in [0.15, 0.2) is 5.82 Å². The minimum atomic E-state index is -0.532. The SMILES string of the molecule is CC(C)Cc1nnnn1-c1ccc([C@H](C)CO)c(C(N)=O)c1. The van der Waals surface area contributed by atoms with Crippen LogP contribution in [0.5, 0.6) is 0 Å². The van der Waals surface area contributed by atoms with Crippen LogP contribution >= 0.6 is 0 Å². The van der Waals surface area contributed by atoms with Gasteiger partial charge >= 0.3 is 0 Å². The van der Waals surface area contributed by atoms with E-state index in [1.807, 2.05) is 13.0 Å². The summed E-state index contributed by atoms with van der Waals surface area (Å²) < 4.78 is 1.61. The van der Waals surface area contributed by atoms with Crippen molar-refractivity contribution in [1.82, 2.24) is 20.2 Å². The van der Waals surface area contributed by atoms with Gasteiger partial charge in [0.2, 0.25) is 5.91 Å². The first-order chi connectivity index (χ1) is 10.4. The molecule has 1 aromatic carbocycles. The lowest BCUT2D eigenvalue weighted by Gasteiger charge is -2.14. The fraction of sp³-hybridized carbons (Fsp3) is 0.467. The molecule has 1 heterocycles. The molecule has 118 valence electrons. The molecule has 0 unspecified atom stereocenters. The molecule has 22 heavy (non-hydrogen) atoms. The molecule has 2 rings (SSSR count). The molecule has 0 radical (unpaired) electrons. The Labute approximate surface area is 129 Å². The number of nitrogens with two attached hydrogens (primary N) is 1. The van der Waals surface area contributed by atoms with Crippen molar-refractivity contribution < 1.29 is 9.90 Å². The highest BCUT2D eigenvalue weighted by atomic mass is 16.3. The number of rotatable bonds is 6. The zero-order valence-corrected chi connectivity index (χ0v) is 13.0. The van der Waals surface area contributed by atoms with E-state index in [1.54, 1.807) is 16.8 Å². The summed E-state index contributed by atoms with van der Waals surface area (Å²) in [7, 11) is 0. The molecule has 0 saturated heterocycles. The molecule has 1 atom stereocenters. The number of hydrogen-bond acceptors (Lipinski definition) is 5. The maximum atomic E-state index is 11.7. The monoisotopic (exact) mass is 303 g/mol. The van der Waals surface area contributed by atoms with Gasteiger partial charge in [0.05, 0.1) is 5.69 Å². The molecule has 7 heteroatoms. The summed E-state index contributed by atoms with van der Waals surface area (Å²) in [6.45, 7) is 5.95. The van der Waals surface area contributed by atoms with Crippen molar-refractivity contribution in [2.24, 2.45) is 11.7 Å². The Morgan fingerprint density at radius 1 is 1.36 bits per heavy atom. The van der Waals surface area contributed by atoms with Gasteiger partial charge in [-0.1, -0.05) is 26.8 Å². The van der Waals surface area contributed by atoms with Gasteiger partial charge in [-0.05, 0) is 34.0 Å². The summed E-state index contributed by atoms with van der Waals surface area (Å²) in [5, 5.41) is 21.0. The van der Waals surface area contributed by atoms with Gasteiger partial charge in [-0.3, -0.25) is 4.79 Å². The average Bonchev–Trinajstić information content (AvgIpc) is 2.93. The standard InChI is InChI=1S/C15H21N5O2/c1-9(2)6-14-17-18-19-20(14)11-4-5-12(10(3)8-21)13(7-11)15(16)22/h4-5,7,9-10,21H,6,8H2,1-3H3,(H2,16,22)/t10-/m1/s1. The second-order valence-corrected chi connectivity index (χ2v) is 5.82. The number of primary amides is 1. The van der Waals surface area contributed by atoms with Gasteiger partial charge in [-0.15, -0.1) is 5.10 Å². The van der Waals surface area contributed by atoms with E-state index in [0.717, 1.165) is 17.8 Å². The molecule has 0 aliphatic rings. The largest absolute Gasteiger partial charge is 0.396 e. The summed E-state index contributed by atoms with van der Waals surface area (Å²) in [6, 6.07) is 5.29. The third-order valence-electron chi connectivity index (χ3n) is 3.48. The molecule has 0 saturated carbocycles. The number of carbonyl (C=O) groups excluding carboxylic acids is 1. The van der Waals surface area contributed by atoms with Crippen LogP contribution in [0.3, 0.4) is 0 Å². The Bertz CT molecular complexity index is 666. The number of carbonyl (C=O) groups is 1. The summed E-state index contributed by atoms with van der Waals surface area (Å²) in [5.41, 5.74) is 7.25. The topological polar surface area (TPSA) is 107 Å². The highest BCUT2D eigenvalue weighted by Crippen LogP contribution is 2.23. The van der Waals surface area contributed by atoms with Crippen LogP contribution in [0, 0.1) is 5.92 Å². The lowest BCUT2D eigenvalue weighted by Crippen LogP contribution is -2.17. The smallest absolute Gasteiger partial charge is 0.249 e. The number of nitrogens with zero attached hydrogens (tertiary/aromatic N) is 4. The van der Waals surface area contributed by atoms with E-state index in [1.165, 1.54) is 0 Å². The molecule has 1 amide bonds. The first-order valence-electron chi connectivity index (χ1n) is 7.26. The van der Waals surface area contributed by atoms with E-state index in [9.17, 15) is 9.90 Å². The average molecular weight is 303 g/mol. The normalized spacial score (nSPS) is 12.6. The van der Waals surface area contributed by atoms with Crippen LogP contribution in [0.15, 0.2) is 18.2 Å². The van der Waals surface area contributed by atoms with Crippen molar-refractivity contribution in [3.05, 3.63) is 35.2 Å². The van der Waals surface area contributed by atoms with Crippen molar-refractivity contribution in [3.8, 4) is 5.69 Å². The molecule has 0 fully saturated rings. The number of aromatic nitrogens is 4. The maximum absolute atomic E-state index is 11.7. The van der Waals surface area contributed by atoms with Gasteiger partial charge in [-0.2, -0.15) is 4.68 Å². The number of aliphatic hydroxyl groups excluding tert-OH is 1. The van der Waals surface area contributed by atoms with E-state index in [0.29, 0.717) is 17.2 Å². The molecule has 2 aromatic rings. The minimum absolute atomic E-state index is 0.0525. The molecular weight excluding hydrogens is 282 g/mol. The van der Waals surface area contributed by atoms with E-state index in [2.05, 4.69) is 29.4 Å². The zero-order valence-electron chi connectivity index (χ0n) is 13.0. The molecule has 3 N–H and O–H groups in total. The van der Waals surface area contributed by atoms with Crippen molar-refractivity contribution >= 4 is 5.91 Å². The molecule has 0 aliphatic heterocycles. The number of benzene rings is 1. The molecule has 7 nitrogen and oxygen atoms in total. The summed E-state index contributed by atoms with van der Waals surface area (Å²) in [5.74, 6) is 0.443. The Balaban J connectivity index is 2.47. The predicted octanol–water partition coefficient (Wildman–Crippen LogP) is 1.06. The van der Waals surface area contributed by atoms with Crippen LogP contribution in [0.2, 0.25) is 0 Å². The van der Waals surface area contributed by atoms with Crippen molar-refractivity contribution in [1.29, 1.82) is 0 Å². The van der Waals surface area contributed by atoms with Gasteiger partial charge in [-0.25, -0.2) is 0 Å². The number of hydrogen-bond donors (Lipinski definition) is 2. The summed E-state index contributed by atoms with van der Waals surface area (Å²) in [4.78, 5) is 11.7. The fourth-order valence-corrected chi connectivity index (χ4v) is 2.32. The number of aliphatic hydroxyl groups is 1. The highest BCUT2D eigenvalue weighted by molar-refractivity contribution is 5.95. The first kappa shape index (κ1) is 16.1. The van der Waals surface area contributed by atoms with Crippen LogP contribution in [-0.2, 0) is 6.42 Å². The third-order valence-corrected chi connectivity index (χ3v) is 3.48. The van der Waals surface area contributed by atoms with Gasteiger partial charge in [0.25, 0.3) is 0 Å². The Kier molecular flexibility index (Phi) is 4.87. The van der Waals surface area contributed by atoms with Crippen LogP contribution in [0.4, 0.5) is 0 Å². The van der Waals surface area contributed by atoms with Gasteiger partial charge in [0.1, 0.15) is 0 Å². The fourth-order valence-electron chi connectivity index (χ4n) is 2.32. The van der Waals surface area contributed by atoms with Crippen molar-refractivity contribution in [2.75, 3.05) is 6.61 Å². The van der Waals surface area contributed by atoms with Crippen LogP contribution < -0.4 is 5.73 Å². The van der Waals surface area contributed by atoms with Crippen LogP contribution in [0.25, 0.3) is 5.69 Å². The van der Waals surface area contributed by atoms with Gasteiger partial charge in [0, 0.05) is 24.5 Å². The van der Waals surface area contributed by atoms with E-state index >= 15 is 0 Å². The summed E-state index contributed by atoms with van der Waals surface area (Å²) in [6.07, 6.45) is 0.730. The van der Waals surface area contributed by atoms with Crippen LogP contribution in [0.1, 0.15) is 48.4 Å². The third kappa shape index (κ3) is 3.30. The van der Waals surface area contributed by atoms with E-state index < -0.39 is 5.91 Å². The quantitative estimate of drug-likeness (QED) is 0.829. The Hall–Kier alpha value is -2.28. The molecule has 0 spiro atoms. The van der Waals surface area contributed by atoms with E-state index in [4.69, 9.17) is 5.73 Å². The van der Waals surface area contributed by atoms with Crippen molar-refractivity contribution in [3.63, 3.8) is 0 Å². The lowest BCUT2D eigenvalue weighted by molar-refractivity contribution is 0.0998. The highest BCUT2D eigenvalue weighted by Gasteiger charge is 2.17. The predicted molar refractivity (Wildman–Crippen MR) is 81.7 cm³/mol. The van der Waals surface area contributed by atoms with Crippen molar-refractivity contribution in [2.45, 2.75) is 33.1 Å². The summed E-state index contributed by atoms with van der Waals surface area (Å²) >= 11 is 0.